The third-order valence-electron chi connectivity index (χ3n) is 2.96. The molecule has 2 rings (SSSR count). The summed E-state index contributed by atoms with van der Waals surface area (Å²) >= 11 is 0. The van der Waals surface area contributed by atoms with Crippen LogP contribution < -0.4 is 0 Å². The van der Waals surface area contributed by atoms with Crippen molar-refractivity contribution in [3.05, 3.63) is 0 Å². The summed E-state index contributed by atoms with van der Waals surface area (Å²) in [4.78, 5) is 0. The van der Waals surface area contributed by atoms with E-state index in [-0.39, 0.29) is 5.25 Å². The van der Waals surface area contributed by atoms with Gasteiger partial charge in [0.2, 0.25) is 10.0 Å². The highest BCUT2D eigenvalue weighted by molar-refractivity contribution is 7.90. The van der Waals surface area contributed by atoms with Crippen LogP contribution in [0.25, 0.3) is 0 Å². The van der Waals surface area contributed by atoms with Gasteiger partial charge >= 0.3 is 0 Å². The van der Waals surface area contributed by atoms with E-state index in [1.54, 1.807) is 0 Å². The van der Waals surface area contributed by atoms with Gasteiger partial charge in [-0.1, -0.05) is 13.3 Å². The molecule has 4 nitrogen and oxygen atoms in total. The molecule has 2 aliphatic rings. The first kappa shape index (κ1) is 10.4. The Balaban J connectivity index is 1.93. The molecule has 2 fully saturated rings. The van der Waals surface area contributed by atoms with Crippen LogP contribution in [-0.4, -0.2) is 41.8 Å². The average Bonchev–Trinajstić information content (AvgIpc) is 2.82. The van der Waals surface area contributed by atoms with E-state index in [9.17, 15) is 13.5 Å². The molecule has 0 aromatic rings. The zero-order valence-electron chi connectivity index (χ0n) is 8.44. The van der Waals surface area contributed by atoms with Crippen LogP contribution in [0.1, 0.15) is 32.6 Å². The van der Waals surface area contributed by atoms with Gasteiger partial charge in [0, 0.05) is 13.1 Å². The van der Waals surface area contributed by atoms with Crippen molar-refractivity contribution < 1.29 is 13.5 Å². The average molecular weight is 219 g/mol. The lowest BCUT2D eigenvalue weighted by Crippen LogP contribution is -2.63. The molecule has 1 saturated carbocycles. The lowest BCUT2D eigenvalue weighted by molar-refractivity contribution is -0.0653. The minimum atomic E-state index is -3.05. The van der Waals surface area contributed by atoms with Crippen molar-refractivity contribution in [2.75, 3.05) is 13.1 Å². The van der Waals surface area contributed by atoms with Crippen LogP contribution in [-0.2, 0) is 10.0 Å². The van der Waals surface area contributed by atoms with Crippen molar-refractivity contribution in [1.29, 1.82) is 0 Å². The summed E-state index contributed by atoms with van der Waals surface area (Å²) in [6.45, 7) is 2.61. The Morgan fingerprint density at radius 2 is 2.00 bits per heavy atom. The largest absolute Gasteiger partial charge is 0.387 e. The molecular weight excluding hydrogens is 202 g/mol. The summed E-state index contributed by atoms with van der Waals surface area (Å²) in [7, 11) is -3.05. The Labute approximate surface area is 85.0 Å². The molecule has 1 N–H and O–H groups in total. The van der Waals surface area contributed by atoms with Crippen LogP contribution in [0.3, 0.4) is 0 Å². The molecule has 1 heterocycles. The molecule has 0 aromatic heterocycles. The number of hydrogen-bond acceptors (Lipinski definition) is 3. The summed E-state index contributed by atoms with van der Waals surface area (Å²) in [5, 5.41) is 9.70. The number of aliphatic hydroxyl groups is 1. The zero-order valence-corrected chi connectivity index (χ0v) is 9.26. The van der Waals surface area contributed by atoms with E-state index < -0.39 is 15.6 Å². The van der Waals surface area contributed by atoms with Crippen molar-refractivity contribution in [2.24, 2.45) is 0 Å². The van der Waals surface area contributed by atoms with E-state index in [0.717, 1.165) is 19.3 Å². The fourth-order valence-electron chi connectivity index (χ4n) is 1.99. The molecule has 0 unspecified atom stereocenters. The number of rotatable bonds is 4. The number of β-amino-alcohol motifs (C(OH)–C–C–N with tert-alkyl or cyclic N) is 1. The molecule has 0 spiro atoms. The van der Waals surface area contributed by atoms with Gasteiger partial charge in [0.15, 0.2) is 0 Å². The van der Waals surface area contributed by atoms with Gasteiger partial charge in [-0.2, -0.15) is 4.31 Å². The van der Waals surface area contributed by atoms with Crippen molar-refractivity contribution in [2.45, 2.75) is 43.5 Å². The highest BCUT2D eigenvalue weighted by atomic mass is 32.2. The molecule has 0 radical (unpaired) electrons. The zero-order chi connectivity index (χ0) is 10.4. The molecule has 1 saturated heterocycles. The maximum atomic E-state index is 11.7. The first-order valence-electron chi connectivity index (χ1n) is 5.19. The van der Waals surface area contributed by atoms with Gasteiger partial charge in [-0.15, -0.1) is 0 Å². The molecule has 1 aliphatic carbocycles. The summed E-state index contributed by atoms with van der Waals surface area (Å²) < 4.78 is 24.8. The fourth-order valence-corrected chi connectivity index (χ4v) is 3.98. The van der Waals surface area contributed by atoms with E-state index in [1.165, 1.54) is 4.31 Å². The van der Waals surface area contributed by atoms with E-state index in [0.29, 0.717) is 19.5 Å². The summed E-state index contributed by atoms with van der Waals surface area (Å²) in [6.07, 6.45) is 3.19. The first-order valence-corrected chi connectivity index (χ1v) is 6.70. The maximum absolute atomic E-state index is 11.7. The van der Waals surface area contributed by atoms with Crippen LogP contribution in [0, 0.1) is 0 Å². The summed E-state index contributed by atoms with van der Waals surface area (Å²) in [5.41, 5.74) is -0.739. The molecule has 0 amide bonds. The van der Waals surface area contributed by atoms with E-state index >= 15 is 0 Å². The summed E-state index contributed by atoms with van der Waals surface area (Å²) in [6, 6.07) is 0. The van der Waals surface area contributed by atoms with Gasteiger partial charge in [-0.05, 0) is 19.3 Å². The lowest BCUT2D eigenvalue weighted by Gasteiger charge is -2.45. The van der Waals surface area contributed by atoms with Crippen LogP contribution in [0.5, 0.6) is 0 Å². The van der Waals surface area contributed by atoms with Crippen molar-refractivity contribution >= 4 is 10.0 Å². The van der Waals surface area contributed by atoms with Gasteiger partial charge in [0.05, 0.1) is 10.9 Å². The lowest BCUT2D eigenvalue weighted by atomic mass is 9.92. The van der Waals surface area contributed by atoms with Crippen LogP contribution in [0.15, 0.2) is 0 Å². The summed E-state index contributed by atoms with van der Waals surface area (Å²) in [5.74, 6) is 0. The Bertz CT molecular complexity index is 315. The minimum Gasteiger partial charge on any atom is -0.387 e. The first-order chi connectivity index (χ1) is 6.48. The van der Waals surface area contributed by atoms with E-state index in [2.05, 4.69) is 0 Å². The van der Waals surface area contributed by atoms with Crippen molar-refractivity contribution in [3.8, 4) is 0 Å². The standard InChI is InChI=1S/C9H17NO3S/c1-2-5-9(11)6-10(7-9)14(12,13)8-3-4-8/h8,11H,2-7H2,1H3. The van der Waals surface area contributed by atoms with Crippen LogP contribution in [0.4, 0.5) is 0 Å². The normalized spacial score (nSPS) is 27.3. The Morgan fingerprint density at radius 3 is 2.43 bits per heavy atom. The smallest absolute Gasteiger partial charge is 0.217 e. The van der Waals surface area contributed by atoms with Gasteiger partial charge in [0.25, 0.3) is 0 Å². The SMILES string of the molecule is CCCC1(O)CN(S(=O)(=O)C2CC2)C1. The van der Waals surface area contributed by atoms with E-state index in [1.807, 2.05) is 6.92 Å². The highest BCUT2D eigenvalue weighted by Gasteiger charge is 2.50. The Morgan fingerprint density at radius 1 is 1.43 bits per heavy atom. The molecule has 5 heteroatoms. The van der Waals surface area contributed by atoms with Crippen molar-refractivity contribution in [1.82, 2.24) is 4.31 Å². The van der Waals surface area contributed by atoms with Gasteiger partial charge in [-0.3, -0.25) is 0 Å². The molecule has 0 bridgehead atoms. The second-order valence-corrected chi connectivity index (χ2v) is 6.70. The monoisotopic (exact) mass is 219 g/mol. The van der Waals surface area contributed by atoms with Gasteiger partial charge in [-0.25, -0.2) is 8.42 Å². The molecule has 14 heavy (non-hydrogen) atoms. The van der Waals surface area contributed by atoms with Crippen LogP contribution >= 0.6 is 0 Å². The molecular formula is C9H17NO3S. The predicted octanol–water partition coefficient (Wildman–Crippen LogP) is 0.325. The van der Waals surface area contributed by atoms with Crippen LogP contribution in [0.2, 0.25) is 0 Å². The topological polar surface area (TPSA) is 57.6 Å². The van der Waals surface area contributed by atoms with E-state index in [4.69, 9.17) is 0 Å². The second-order valence-electron chi connectivity index (χ2n) is 4.49. The highest BCUT2D eigenvalue weighted by Crippen LogP contribution is 2.36. The Kier molecular flexibility index (Phi) is 2.36. The molecule has 1 aliphatic heterocycles. The molecule has 0 aromatic carbocycles. The fraction of sp³-hybridized carbons (Fsp3) is 1.00. The quantitative estimate of drug-likeness (QED) is 0.741. The Hall–Kier alpha value is -0.130. The molecule has 0 atom stereocenters. The number of hydrogen-bond donors (Lipinski definition) is 1. The van der Waals surface area contributed by atoms with Crippen molar-refractivity contribution in [3.63, 3.8) is 0 Å². The predicted molar refractivity (Wildman–Crippen MR) is 53.4 cm³/mol. The number of sulfonamides is 1. The van der Waals surface area contributed by atoms with Gasteiger partial charge < -0.3 is 5.11 Å². The third-order valence-corrected chi connectivity index (χ3v) is 5.25. The number of nitrogens with zero attached hydrogens (tertiary/aromatic N) is 1. The minimum absolute atomic E-state index is 0.145. The molecule has 82 valence electrons. The second kappa shape index (κ2) is 3.18. The van der Waals surface area contributed by atoms with Gasteiger partial charge in [0.1, 0.15) is 0 Å². The maximum Gasteiger partial charge on any atom is 0.217 e. The third kappa shape index (κ3) is 1.68.